The van der Waals surface area contributed by atoms with Crippen LogP contribution in [0, 0.1) is 6.92 Å². The second-order valence-electron chi connectivity index (χ2n) is 6.73. The SMILES string of the molecule is CCn1ccnc1N1CCN(C(=O)c2c(-c3ccccc3Cl)noc2C)CC1. The minimum Gasteiger partial charge on any atom is -0.360 e. The van der Waals surface area contributed by atoms with Gasteiger partial charge in [-0.1, -0.05) is 35.0 Å². The van der Waals surface area contributed by atoms with Gasteiger partial charge in [0.1, 0.15) is 17.0 Å². The maximum absolute atomic E-state index is 13.2. The highest BCUT2D eigenvalue weighted by Gasteiger charge is 2.30. The number of piperazine rings is 1. The molecule has 3 heterocycles. The Morgan fingerprint density at radius 3 is 2.68 bits per heavy atom. The Morgan fingerprint density at radius 2 is 1.96 bits per heavy atom. The van der Waals surface area contributed by atoms with Gasteiger partial charge in [0.2, 0.25) is 5.95 Å². The van der Waals surface area contributed by atoms with Gasteiger partial charge in [0.05, 0.1) is 5.02 Å². The van der Waals surface area contributed by atoms with Crippen LogP contribution in [0.2, 0.25) is 5.02 Å². The van der Waals surface area contributed by atoms with Gasteiger partial charge in [-0.3, -0.25) is 4.79 Å². The topological polar surface area (TPSA) is 67.4 Å². The maximum Gasteiger partial charge on any atom is 0.259 e. The summed E-state index contributed by atoms with van der Waals surface area (Å²) < 4.78 is 7.46. The van der Waals surface area contributed by atoms with E-state index in [9.17, 15) is 4.79 Å². The van der Waals surface area contributed by atoms with Crippen LogP contribution >= 0.6 is 11.6 Å². The van der Waals surface area contributed by atoms with Crippen molar-refractivity contribution in [2.24, 2.45) is 0 Å². The van der Waals surface area contributed by atoms with Gasteiger partial charge in [0, 0.05) is 50.7 Å². The smallest absolute Gasteiger partial charge is 0.259 e. The number of hydrogen-bond acceptors (Lipinski definition) is 5. The molecule has 0 N–H and O–H groups in total. The standard InChI is InChI=1S/C20H22ClN5O2/c1-3-24-9-8-22-20(24)26-12-10-25(11-13-26)19(27)17-14(2)28-23-18(17)15-6-4-5-7-16(15)21/h4-9H,3,10-13H2,1-2H3. The summed E-state index contributed by atoms with van der Waals surface area (Å²) in [5, 5.41) is 4.65. The Balaban J connectivity index is 1.54. The molecule has 0 radical (unpaired) electrons. The van der Waals surface area contributed by atoms with E-state index in [4.69, 9.17) is 16.1 Å². The summed E-state index contributed by atoms with van der Waals surface area (Å²) in [6, 6.07) is 7.34. The van der Waals surface area contributed by atoms with Crippen molar-refractivity contribution in [2.45, 2.75) is 20.4 Å². The Labute approximate surface area is 168 Å². The number of aryl methyl sites for hydroxylation is 2. The second kappa shape index (κ2) is 7.67. The first kappa shape index (κ1) is 18.6. The molecule has 7 nitrogen and oxygen atoms in total. The predicted octanol–water partition coefficient (Wildman–Crippen LogP) is 3.48. The molecule has 0 bridgehead atoms. The number of imidazole rings is 1. The largest absolute Gasteiger partial charge is 0.360 e. The van der Waals surface area contributed by atoms with Gasteiger partial charge >= 0.3 is 0 Å². The number of rotatable bonds is 4. The molecule has 0 spiro atoms. The minimum atomic E-state index is -0.0767. The molecule has 1 saturated heterocycles. The molecule has 1 aliphatic heterocycles. The molecular weight excluding hydrogens is 378 g/mol. The average Bonchev–Trinajstić information content (AvgIpc) is 3.34. The molecule has 0 aliphatic carbocycles. The van der Waals surface area contributed by atoms with Crippen molar-refractivity contribution >= 4 is 23.5 Å². The number of aromatic nitrogens is 3. The van der Waals surface area contributed by atoms with E-state index in [0.717, 1.165) is 25.6 Å². The van der Waals surface area contributed by atoms with E-state index in [-0.39, 0.29) is 5.91 Å². The molecule has 0 atom stereocenters. The second-order valence-corrected chi connectivity index (χ2v) is 7.14. The van der Waals surface area contributed by atoms with Crippen LogP contribution in [-0.4, -0.2) is 51.7 Å². The van der Waals surface area contributed by atoms with Gasteiger partial charge in [0.25, 0.3) is 5.91 Å². The molecular formula is C20H22ClN5O2. The molecule has 146 valence electrons. The van der Waals surface area contributed by atoms with Crippen LogP contribution in [0.5, 0.6) is 0 Å². The highest BCUT2D eigenvalue weighted by molar-refractivity contribution is 6.33. The van der Waals surface area contributed by atoms with Crippen LogP contribution in [0.3, 0.4) is 0 Å². The fourth-order valence-electron chi connectivity index (χ4n) is 3.56. The van der Waals surface area contributed by atoms with Crippen LogP contribution in [0.25, 0.3) is 11.3 Å². The highest BCUT2D eigenvalue weighted by atomic mass is 35.5. The normalized spacial score (nSPS) is 14.5. The Morgan fingerprint density at radius 1 is 1.21 bits per heavy atom. The predicted molar refractivity (Wildman–Crippen MR) is 108 cm³/mol. The lowest BCUT2D eigenvalue weighted by Gasteiger charge is -2.35. The van der Waals surface area contributed by atoms with Gasteiger partial charge in [-0.15, -0.1) is 0 Å². The summed E-state index contributed by atoms with van der Waals surface area (Å²) in [5.41, 5.74) is 1.68. The molecule has 1 fully saturated rings. The number of halogens is 1. The number of hydrogen-bond donors (Lipinski definition) is 0. The molecule has 28 heavy (non-hydrogen) atoms. The maximum atomic E-state index is 13.2. The van der Waals surface area contributed by atoms with Gasteiger partial charge in [-0.05, 0) is 19.9 Å². The number of anilines is 1. The summed E-state index contributed by atoms with van der Waals surface area (Å²) >= 11 is 6.31. The summed E-state index contributed by atoms with van der Waals surface area (Å²) in [5.74, 6) is 1.38. The Hall–Kier alpha value is -2.80. The number of carbonyl (C=O) groups excluding carboxylic acids is 1. The quantitative estimate of drug-likeness (QED) is 0.671. The van der Waals surface area contributed by atoms with Crippen LogP contribution in [0.15, 0.2) is 41.2 Å². The summed E-state index contributed by atoms with van der Waals surface area (Å²) in [4.78, 5) is 21.8. The molecule has 0 unspecified atom stereocenters. The fraction of sp³-hybridized carbons (Fsp3) is 0.350. The van der Waals surface area contributed by atoms with Crippen LogP contribution in [0.1, 0.15) is 23.0 Å². The lowest BCUT2D eigenvalue weighted by atomic mass is 10.0. The zero-order chi connectivity index (χ0) is 19.7. The van der Waals surface area contributed by atoms with Crippen molar-refractivity contribution in [3.63, 3.8) is 0 Å². The van der Waals surface area contributed by atoms with E-state index in [2.05, 4.69) is 26.5 Å². The molecule has 8 heteroatoms. The zero-order valence-corrected chi connectivity index (χ0v) is 16.7. The first-order valence-corrected chi connectivity index (χ1v) is 9.74. The van der Waals surface area contributed by atoms with E-state index in [0.29, 0.717) is 40.7 Å². The number of amides is 1. The first-order valence-electron chi connectivity index (χ1n) is 9.36. The lowest BCUT2D eigenvalue weighted by Crippen LogP contribution is -2.49. The van der Waals surface area contributed by atoms with Gasteiger partial charge in [0.15, 0.2) is 0 Å². The van der Waals surface area contributed by atoms with Crippen molar-refractivity contribution in [3.8, 4) is 11.3 Å². The molecule has 0 saturated carbocycles. The van der Waals surface area contributed by atoms with Gasteiger partial charge < -0.3 is 18.9 Å². The number of carbonyl (C=O) groups is 1. The monoisotopic (exact) mass is 399 g/mol. The minimum absolute atomic E-state index is 0.0767. The van der Waals surface area contributed by atoms with Gasteiger partial charge in [-0.25, -0.2) is 4.98 Å². The third-order valence-corrected chi connectivity index (χ3v) is 5.42. The fourth-order valence-corrected chi connectivity index (χ4v) is 3.79. The number of benzene rings is 1. The first-order chi connectivity index (χ1) is 13.6. The van der Waals surface area contributed by atoms with Crippen molar-refractivity contribution in [1.82, 2.24) is 19.6 Å². The van der Waals surface area contributed by atoms with Crippen molar-refractivity contribution in [2.75, 3.05) is 31.1 Å². The zero-order valence-electron chi connectivity index (χ0n) is 15.9. The van der Waals surface area contributed by atoms with Crippen LogP contribution in [-0.2, 0) is 6.54 Å². The summed E-state index contributed by atoms with van der Waals surface area (Å²) in [6.45, 7) is 7.41. The van der Waals surface area contributed by atoms with Crippen molar-refractivity contribution in [1.29, 1.82) is 0 Å². The van der Waals surface area contributed by atoms with Crippen molar-refractivity contribution < 1.29 is 9.32 Å². The van der Waals surface area contributed by atoms with Crippen LogP contribution in [0.4, 0.5) is 5.95 Å². The van der Waals surface area contributed by atoms with E-state index in [1.54, 1.807) is 13.0 Å². The van der Waals surface area contributed by atoms with Gasteiger partial charge in [-0.2, -0.15) is 0 Å². The molecule has 2 aromatic heterocycles. The summed E-state index contributed by atoms with van der Waals surface area (Å²) in [7, 11) is 0. The lowest BCUT2D eigenvalue weighted by molar-refractivity contribution is 0.0745. The van der Waals surface area contributed by atoms with E-state index in [1.807, 2.05) is 35.5 Å². The van der Waals surface area contributed by atoms with E-state index < -0.39 is 0 Å². The Kier molecular flexibility index (Phi) is 5.09. The van der Waals surface area contributed by atoms with Crippen molar-refractivity contribution in [3.05, 3.63) is 53.0 Å². The molecule has 4 rings (SSSR count). The Bertz CT molecular complexity index is 988. The van der Waals surface area contributed by atoms with Crippen LogP contribution < -0.4 is 4.90 Å². The third kappa shape index (κ3) is 3.26. The summed E-state index contributed by atoms with van der Waals surface area (Å²) in [6.07, 6.45) is 3.79. The highest BCUT2D eigenvalue weighted by Crippen LogP contribution is 2.32. The molecule has 1 amide bonds. The third-order valence-electron chi connectivity index (χ3n) is 5.09. The van der Waals surface area contributed by atoms with E-state index in [1.165, 1.54) is 0 Å². The molecule has 3 aromatic rings. The average molecular weight is 400 g/mol. The number of nitrogens with zero attached hydrogens (tertiary/aromatic N) is 5. The van der Waals surface area contributed by atoms with E-state index >= 15 is 0 Å². The molecule has 1 aliphatic rings. The molecule has 1 aromatic carbocycles.